The monoisotopic (exact) mass is 269 g/mol. The van der Waals surface area contributed by atoms with E-state index in [1.165, 1.54) is 16.7 Å². The summed E-state index contributed by atoms with van der Waals surface area (Å²) in [5, 5.41) is 3.53. The Labute approximate surface area is 121 Å². The van der Waals surface area contributed by atoms with Crippen LogP contribution in [0.25, 0.3) is 0 Å². The molecule has 2 aromatic rings. The number of hydrogen-bond acceptors (Lipinski definition) is 2. The van der Waals surface area contributed by atoms with Crippen molar-refractivity contribution < 1.29 is 4.74 Å². The van der Waals surface area contributed by atoms with E-state index in [1.807, 2.05) is 0 Å². The molecule has 0 heterocycles. The molecule has 2 nitrogen and oxygen atoms in total. The quantitative estimate of drug-likeness (QED) is 0.861. The molecule has 0 radical (unpaired) electrons. The van der Waals surface area contributed by atoms with E-state index in [0.29, 0.717) is 5.92 Å². The van der Waals surface area contributed by atoms with Crippen molar-refractivity contribution in [3.63, 3.8) is 0 Å². The Morgan fingerprint density at radius 3 is 2.40 bits per heavy atom. The molecule has 0 spiro atoms. The van der Waals surface area contributed by atoms with E-state index >= 15 is 0 Å². The van der Waals surface area contributed by atoms with Crippen LogP contribution in [0, 0.1) is 13.8 Å². The minimum absolute atomic E-state index is 0.475. The Kier molecular flexibility index (Phi) is 4.67. The lowest BCUT2D eigenvalue weighted by molar-refractivity contribution is 0.409. The molecule has 1 N–H and O–H groups in total. The number of anilines is 1. The largest absolute Gasteiger partial charge is 0.496 e. The predicted octanol–water partition coefficient (Wildman–Crippen LogP) is 4.53. The van der Waals surface area contributed by atoms with Gasteiger partial charge in [-0.2, -0.15) is 0 Å². The van der Waals surface area contributed by atoms with Crippen LogP contribution < -0.4 is 10.1 Å². The van der Waals surface area contributed by atoms with Gasteiger partial charge >= 0.3 is 0 Å². The van der Waals surface area contributed by atoms with E-state index in [-0.39, 0.29) is 0 Å². The zero-order valence-corrected chi connectivity index (χ0v) is 12.7. The van der Waals surface area contributed by atoms with Crippen molar-refractivity contribution in [2.75, 3.05) is 19.0 Å². The van der Waals surface area contributed by atoms with Crippen LogP contribution in [0.15, 0.2) is 42.5 Å². The van der Waals surface area contributed by atoms with Crippen LogP contribution in [0.4, 0.5) is 5.69 Å². The summed E-state index contributed by atoms with van der Waals surface area (Å²) >= 11 is 0. The summed E-state index contributed by atoms with van der Waals surface area (Å²) in [4.78, 5) is 0. The van der Waals surface area contributed by atoms with Crippen molar-refractivity contribution in [2.24, 2.45) is 0 Å². The molecule has 0 saturated carbocycles. The third-order valence-electron chi connectivity index (χ3n) is 3.77. The first-order valence-electron chi connectivity index (χ1n) is 7.06. The highest BCUT2D eigenvalue weighted by Crippen LogP contribution is 2.29. The van der Waals surface area contributed by atoms with Crippen molar-refractivity contribution in [1.29, 1.82) is 0 Å². The summed E-state index contributed by atoms with van der Waals surface area (Å²) in [6, 6.07) is 14.8. The number of aryl methyl sites for hydroxylation is 1. The molecule has 106 valence electrons. The van der Waals surface area contributed by atoms with Crippen LogP contribution >= 0.6 is 0 Å². The molecule has 20 heavy (non-hydrogen) atoms. The van der Waals surface area contributed by atoms with E-state index in [2.05, 4.69) is 68.6 Å². The Morgan fingerprint density at radius 2 is 1.75 bits per heavy atom. The van der Waals surface area contributed by atoms with Crippen molar-refractivity contribution in [2.45, 2.75) is 26.7 Å². The van der Waals surface area contributed by atoms with Crippen molar-refractivity contribution >= 4 is 5.69 Å². The average molecular weight is 269 g/mol. The fraction of sp³-hybridized carbons (Fsp3) is 0.333. The molecule has 0 bridgehead atoms. The summed E-state index contributed by atoms with van der Waals surface area (Å²) < 4.78 is 5.47. The van der Waals surface area contributed by atoms with Gasteiger partial charge in [0, 0.05) is 17.8 Å². The lowest BCUT2D eigenvalue weighted by Gasteiger charge is -2.18. The van der Waals surface area contributed by atoms with Gasteiger partial charge in [0.2, 0.25) is 0 Å². The summed E-state index contributed by atoms with van der Waals surface area (Å²) in [5.41, 5.74) is 4.85. The highest BCUT2D eigenvalue weighted by atomic mass is 16.5. The van der Waals surface area contributed by atoms with Gasteiger partial charge in [0.15, 0.2) is 0 Å². The summed E-state index contributed by atoms with van der Waals surface area (Å²) in [5.74, 6) is 1.45. The third kappa shape index (κ3) is 3.13. The van der Waals surface area contributed by atoms with E-state index in [9.17, 15) is 0 Å². The molecule has 1 unspecified atom stereocenters. The molecule has 0 aromatic heterocycles. The molecule has 0 aliphatic carbocycles. The van der Waals surface area contributed by atoms with Crippen molar-refractivity contribution in [3.8, 4) is 5.75 Å². The highest BCUT2D eigenvalue weighted by Gasteiger charge is 2.09. The van der Waals surface area contributed by atoms with Gasteiger partial charge in [-0.25, -0.2) is 0 Å². The number of methoxy groups -OCH3 is 1. The summed E-state index contributed by atoms with van der Waals surface area (Å²) in [6.07, 6.45) is 0. The van der Waals surface area contributed by atoms with E-state index < -0.39 is 0 Å². The van der Waals surface area contributed by atoms with Crippen LogP contribution in [-0.4, -0.2) is 13.7 Å². The fourth-order valence-electron chi connectivity index (χ4n) is 2.50. The highest BCUT2D eigenvalue weighted by molar-refractivity contribution is 5.59. The molecular formula is C18H23NO. The Bertz CT molecular complexity index is 563. The molecule has 0 aliphatic heterocycles. The third-order valence-corrected chi connectivity index (χ3v) is 3.77. The lowest BCUT2D eigenvalue weighted by Crippen LogP contribution is -2.11. The van der Waals surface area contributed by atoms with Gasteiger partial charge in [-0.3, -0.25) is 0 Å². The standard InChI is InChI=1S/C18H23NO/c1-13-10-11-17(15(3)18(13)20-4)19-12-14(2)16-8-6-5-7-9-16/h5-11,14,19H,12H2,1-4H3. The number of nitrogens with one attached hydrogen (secondary N) is 1. The predicted molar refractivity (Wildman–Crippen MR) is 85.8 cm³/mol. The van der Waals surface area contributed by atoms with Crippen LogP contribution in [0.5, 0.6) is 5.75 Å². The lowest BCUT2D eigenvalue weighted by atomic mass is 10.0. The summed E-state index contributed by atoms with van der Waals surface area (Å²) in [6.45, 7) is 7.32. The fourth-order valence-corrected chi connectivity index (χ4v) is 2.50. The van der Waals surface area contributed by atoms with E-state index in [1.54, 1.807) is 7.11 Å². The second kappa shape index (κ2) is 6.47. The zero-order valence-electron chi connectivity index (χ0n) is 12.7. The van der Waals surface area contributed by atoms with Gasteiger partial charge in [0.25, 0.3) is 0 Å². The molecule has 1 atom stereocenters. The SMILES string of the molecule is COc1c(C)ccc(NCC(C)c2ccccc2)c1C. The maximum Gasteiger partial charge on any atom is 0.126 e. The van der Waals surface area contributed by atoms with Gasteiger partial charge in [-0.1, -0.05) is 43.3 Å². The smallest absolute Gasteiger partial charge is 0.126 e. The Balaban J connectivity index is 2.08. The maximum atomic E-state index is 5.47. The molecule has 0 aliphatic rings. The number of rotatable bonds is 5. The molecule has 0 fully saturated rings. The van der Waals surface area contributed by atoms with Crippen molar-refractivity contribution in [3.05, 3.63) is 59.2 Å². The minimum atomic E-state index is 0.475. The van der Waals surface area contributed by atoms with Crippen LogP contribution in [0.3, 0.4) is 0 Å². The molecule has 0 saturated heterocycles. The van der Waals surface area contributed by atoms with Gasteiger partial charge in [0.05, 0.1) is 7.11 Å². The molecular weight excluding hydrogens is 246 g/mol. The molecule has 0 amide bonds. The van der Waals surface area contributed by atoms with E-state index in [0.717, 1.165) is 18.0 Å². The van der Waals surface area contributed by atoms with Crippen LogP contribution in [0.1, 0.15) is 29.5 Å². The first-order valence-corrected chi connectivity index (χ1v) is 7.06. The van der Waals surface area contributed by atoms with Gasteiger partial charge in [0.1, 0.15) is 5.75 Å². The normalized spacial score (nSPS) is 12.0. The van der Waals surface area contributed by atoms with E-state index in [4.69, 9.17) is 4.74 Å². The second-order valence-electron chi connectivity index (χ2n) is 5.28. The first kappa shape index (κ1) is 14.4. The van der Waals surface area contributed by atoms with Gasteiger partial charge in [-0.15, -0.1) is 0 Å². The van der Waals surface area contributed by atoms with Crippen LogP contribution in [0.2, 0.25) is 0 Å². The Hall–Kier alpha value is -1.96. The van der Waals surface area contributed by atoms with Crippen LogP contribution in [-0.2, 0) is 0 Å². The van der Waals surface area contributed by atoms with Crippen molar-refractivity contribution in [1.82, 2.24) is 0 Å². The Morgan fingerprint density at radius 1 is 1.05 bits per heavy atom. The minimum Gasteiger partial charge on any atom is -0.496 e. The molecule has 2 heteroatoms. The second-order valence-corrected chi connectivity index (χ2v) is 5.28. The average Bonchev–Trinajstić information content (AvgIpc) is 2.47. The zero-order chi connectivity index (χ0) is 14.5. The van der Waals surface area contributed by atoms with Gasteiger partial charge < -0.3 is 10.1 Å². The maximum absolute atomic E-state index is 5.47. The first-order chi connectivity index (χ1) is 9.63. The number of benzene rings is 2. The molecule has 2 aromatic carbocycles. The number of hydrogen-bond donors (Lipinski definition) is 1. The topological polar surface area (TPSA) is 21.3 Å². The summed E-state index contributed by atoms with van der Waals surface area (Å²) in [7, 11) is 1.73. The number of ether oxygens (including phenoxy) is 1. The van der Waals surface area contributed by atoms with Gasteiger partial charge in [-0.05, 0) is 37.0 Å². The molecule has 2 rings (SSSR count).